The van der Waals surface area contributed by atoms with Crippen molar-refractivity contribution in [2.75, 3.05) is 0 Å². The van der Waals surface area contributed by atoms with Gasteiger partial charge in [0.1, 0.15) is 7.05 Å². The van der Waals surface area contributed by atoms with Crippen LogP contribution < -0.4 is 4.57 Å². The zero-order valence-corrected chi connectivity index (χ0v) is 19.0. The second-order valence-corrected chi connectivity index (χ2v) is 9.08. The Morgan fingerprint density at radius 1 is 0.700 bits per heavy atom. The number of rotatable bonds is 4. The first kappa shape index (κ1) is 20.3. The number of aromatic nitrogens is 1. The third kappa shape index (κ3) is 3.77. The minimum atomic E-state index is 0.455. The molecule has 1 heteroatoms. The fourth-order valence-electron chi connectivity index (χ4n) is 4.30. The van der Waals surface area contributed by atoms with Crippen molar-refractivity contribution < 1.29 is 4.57 Å². The molecule has 1 aromatic heterocycles. The lowest BCUT2D eigenvalue weighted by atomic mass is 9.90. The molecule has 0 aliphatic heterocycles. The van der Waals surface area contributed by atoms with Crippen LogP contribution in [0.3, 0.4) is 0 Å². The van der Waals surface area contributed by atoms with Crippen LogP contribution in [0, 0.1) is 6.92 Å². The predicted molar refractivity (Wildman–Crippen MR) is 129 cm³/mol. The summed E-state index contributed by atoms with van der Waals surface area (Å²) in [5.74, 6) is 1.00. The van der Waals surface area contributed by atoms with Crippen LogP contribution in [0.1, 0.15) is 56.2 Å². The van der Waals surface area contributed by atoms with E-state index in [2.05, 4.69) is 119 Å². The van der Waals surface area contributed by atoms with E-state index in [9.17, 15) is 0 Å². The molecule has 0 radical (unpaired) electrons. The van der Waals surface area contributed by atoms with Gasteiger partial charge in [-0.2, -0.15) is 0 Å². The lowest BCUT2D eigenvalue weighted by Crippen LogP contribution is -2.32. The van der Waals surface area contributed by atoms with E-state index in [1.54, 1.807) is 0 Å². The van der Waals surface area contributed by atoms with Crippen molar-refractivity contribution in [3.8, 4) is 22.4 Å². The largest absolute Gasteiger partial charge is 0.213 e. The first-order valence-corrected chi connectivity index (χ1v) is 11.0. The Hall–Kier alpha value is -2.93. The molecule has 0 spiro atoms. The molecule has 30 heavy (non-hydrogen) atoms. The Morgan fingerprint density at radius 3 is 2.10 bits per heavy atom. The molecule has 1 heterocycles. The smallest absolute Gasteiger partial charge is 0.201 e. The average molecular weight is 395 g/mol. The van der Waals surface area contributed by atoms with Gasteiger partial charge < -0.3 is 0 Å². The van der Waals surface area contributed by atoms with Crippen LogP contribution in [0.4, 0.5) is 0 Å². The summed E-state index contributed by atoms with van der Waals surface area (Å²) in [7, 11) is 2.16. The highest BCUT2D eigenvalue weighted by atomic mass is 14.9. The van der Waals surface area contributed by atoms with Crippen molar-refractivity contribution >= 4 is 10.8 Å². The molecule has 3 aromatic carbocycles. The Labute approximate surface area is 181 Å². The third-order valence-electron chi connectivity index (χ3n) is 6.19. The topological polar surface area (TPSA) is 3.88 Å². The number of benzene rings is 3. The van der Waals surface area contributed by atoms with Gasteiger partial charge in [0.25, 0.3) is 0 Å². The second kappa shape index (κ2) is 8.07. The van der Waals surface area contributed by atoms with E-state index in [0.717, 1.165) is 0 Å². The van der Waals surface area contributed by atoms with Gasteiger partial charge in [0.05, 0.1) is 0 Å². The fourth-order valence-corrected chi connectivity index (χ4v) is 4.30. The third-order valence-corrected chi connectivity index (χ3v) is 6.19. The Balaban J connectivity index is 1.91. The summed E-state index contributed by atoms with van der Waals surface area (Å²) < 4.78 is 2.27. The van der Waals surface area contributed by atoms with E-state index >= 15 is 0 Å². The highest BCUT2D eigenvalue weighted by Crippen LogP contribution is 2.34. The minimum Gasteiger partial charge on any atom is -0.201 e. The molecule has 0 aliphatic carbocycles. The predicted octanol–water partition coefficient (Wildman–Crippen LogP) is 7.55. The Bertz CT molecular complexity index is 1210. The molecule has 0 amide bonds. The zero-order valence-electron chi connectivity index (χ0n) is 19.0. The fraction of sp³-hybridized carbons (Fsp3) is 0.276. The van der Waals surface area contributed by atoms with Gasteiger partial charge >= 0.3 is 0 Å². The van der Waals surface area contributed by atoms with Gasteiger partial charge in [-0.1, -0.05) is 76.2 Å². The van der Waals surface area contributed by atoms with Crippen LogP contribution in [0.5, 0.6) is 0 Å². The van der Waals surface area contributed by atoms with Crippen LogP contribution >= 0.6 is 0 Å². The van der Waals surface area contributed by atoms with E-state index in [1.807, 2.05) is 0 Å². The number of hydrogen-bond donors (Lipinski definition) is 0. The summed E-state index contributed by atoms with van der Waals surface area (Å²) in [5, 5.41) is 2.62. The molecule has 1 nitrogen and oxygen atoms in total. The van der Waals surface area contributed by atoms with E-state index in [1.165, 1.54) is 49.8 Å². The molecule has 0 atom stereocenters. The second-order valence-electron chi connectivity index (χ2n) is 9.08. The van der Waals surface area contributed by atoms with Crippen molar-refractivity contribution in [2.24, 2.45) is 7.05 Å². The van der Waals surface area contributed by atoms with Crippen LogP contribution in [0.15, 0.2) is 72.9 Å². The van der Waals surface area contributed by atoms with Crippen LogP contribution in [0.2, 0.25) is 0 Å². The summed E-state index contributed by atoms with van der Waals surface area (Å²) >= 11 is 0. The van der Waals surface area contributed by atoms with Gasteiger partial charge in [-0.3, -0.25) is 0 Å². The van der Waals surface area contributed by atoms with Gasteiger partial charge in [-0.25, -0.2) is 4.57 Å². The monoisotopic (exact) mass is 394 g/mol. The summed E-state index contributed by atoms with van der Waals surface area (Å²) in [5.41, 5.74) is 9.24. The SMILES string of the molecule is Cc1ccccc1-c1cc(-c2ccc3cc(C(C)C)ccc3c2)c(C(C)C)c[n+]1C. The maximum absolute atomic E-state index is 2.38. The quantitative estimate of drug-likeness (QED) is 0.315. The lowest BCUT2D eigenvalue weighted by Gasteiger charge is -2.15. The van der Waals surface area contributed by atoms with E-state index in [4.69, 9.17) is 0 Å². The molecule has 152 valence electrons. The summed E-state index contributed by atoms with van der Waals surface area (Å²) in [6, 6.07) is 24.8. The van der Waals surface area contributed by atoms with E-state index < -0.39 is 0 Å². The van der Waals surface area contributed by atoms with Crippen LogP contribution in [-0.2, 0) is 7.05 Å². The molecular formula is C29H32N+. The van der Waals surface area contributed by atoms with Crippen LogP contribution in [-0.4, -0.2) is 0 Å². The highest BCUT2D eigenvalue weighted by molar-refractivity contribution is 5.89. The molecular weight excluding hydrogens is 362 g/mol. The molecule has 0 N–H and O–H groups in total. The minimum absolute atomic E-state index is 0.455. The number of fused-ring (bicyclic) bond motifs is 1. The van der Waals surface area contributed by atoms with E-state index in [-0.39, 0.29) is 0 Å². The standard InChI is InChI=1S/C29H32N/c1-19(2)22-11-12-24-16-25(14-13-23(24)15-22)27-17-29(26-10-8-7-9-21(26)5)30(6)18-28(27)20(3)4/h7-20H,1-6H3/q+1. The summed E-state index contributed by atoms with van der Waals surface area (Å²) in [6.45, 7) is 11.3. The number of aryl methyl sites for hydroxylation is 2. The zero-order chi connectivity index (χ0) is 21.4. The molecule has 0 bridgehead atoms. The first-order valence-electron chi connectivity index (χ1n) is 11.0. The van der Waals surface area contributed by atoms with Crippen molar-refractivity contribution in [2.45, 2.75) is 46.5 Å². The van der Waals surface area contributed by atoms with Gasteiger partial charge in [-0.15, -0.1) is 0 Å². The number of nitrogens with zero attached hydrogens (tertiary/aromatic N) is 1. The maximum Gasteiger partial charge on any atom is 0.213 e. The molecule has 4 rings (SSSR count). The number of hydrogen-bond acceptors (Lipinski definition) is 0. The first-order chi connectivity index (χ1) is 14.3. The van der Waals surface area contributed by atoms with Crippen molar-refractivity contribution in [1.29, 1.82) is 0 Å². The Morgan fingerprint density at radius 2 is 1.40 bits per heavy atom. The normalized spacial score (nSPS) is 11.6. The summed E-state index contributed by atoms with van der Waals surface area (Å²) in [6.07, 6.45) is 2.31. The van der Waals surface area contributed by atoms with Gasteiger partial charge in [0.2, 0.25) is 5.69 Å². The van der Waals surface area contributed by atoms with Crippen LogP contribution in [0.25, 0.3) is 33.2 Å². The summed E-state index contributed by atoms with van der Waals surface area (Å²) in [4.78, 5) is 0. The molecule has 0 aliphatic rings. The van der Waals surface area contributed by atoms with Crippen molar-refractivity contribution in [3.63, 3.8) is 0 Å². The molecule has 4 aromatic rings. The average Bonchev–Trinajstić information content (AvgIpc) is 2.73. The van der Waals surface area contributed by atoms with Gasteiger partial charge in [0.15, 0.2) is 6.20 Å². The lowest BCUT2D eigenvalue weighted by molar-refractivity contribution is -0.660. The molecule has 0 fully saturated rings. The van der Waals surface area contributed by atoms with Crippen molar-refractivity contribution in [1.82, 2.24) is 0 Å². The highest BCUT2D eigenvalue weighted by Gasteiger charge is 2.20. The molecule has 0 unspecified atom stereocenters. The molecule has 0 saturated heterocycles. The van der Waals surface area contributed by atoms with Gasteiger partial charge in [-0.05, 0) is 63.9 Å². The van der Waals surface area contributed by atoms with E-state index in [0.29, 0.717) is 11.8 Å². The Kier molecular flexibility index (Phi) is 5.47. The van der Waals surface area contributed by atoms with Crippen molar-refractivity contribution in [3.05, 3.63) is 89.6 Å². The maximum atomic E-state index is 2.38. The molecule has 0 saturated carbocycles. The number of pyridine rings is 1. The van der Waals surface area contributed by atoms with Gasteiger partial charge in [0, 0.05) is 17.2 Å².